The predicted molar refractivity (Wildman–Crippen MR) is 163 cm³/mol. The quantitative estimate of drug-likeness (QED) is 0.289. The van der Waals surface area contributed by atoms with Crippen LogP contribution < -0.4 is 15.8 Å². The van der Waals surface area contributed by atoms with Gasteiger partial charge in [-0.05, 0) is 68.3 Å². The highest BCUT2D eigenvalue weighted by Crippen LogP contribution is 2.48. The van der Waals surface area contributed by atoms with Crippen molar-refractivity contribution in [3.63, 3.8) is 0 Å². The van der Waals surface area contributed by atoms with Crippen LogP contribution in [0.5, 0.6) is 5.75 Å². The maximum absolute atomic E-state index is 14.2. The zero-order valence-electron chi connectivity index (χ0n) is 23.0. The van der Waals surface area contributed by atoms with E-state index in [1.807, 2.05) is 50.5 Å². The number of halogens is 1. The van der Waals surface area contributed by atoms with Gasteiger partial charge >= 0.3 is 0 Å². The number of benzene rings is 2. The first kappa shape index (κ1) is 29.2. The fraction of sp³-hybridized carbons (Fsp3) is 0.419. The van der Waals surface area contributed by atoms with Crippen molar-refractivity contribution in [1.29, 1.82) is 0 Å². The topological polar surface area (TPSA) is 80.5 Å². The number of alkyl halides is 1. The van der Waals surface area contributed by atoms with E-state index < -0.39 is 0 Å². The average molecular weight is 567 g/mol. The van der Waals surface area contributed by atoms with Gasteiger partial charge in [0.05, 0.1) is 12.0 Å². The molecule has 3 N–H and O–H groups in total. The molecule has 1 aliphatic carbocycles. The second kappa shape index (κ2) is 14.1. The Hall–Kier alpha value is -2.74. The van der Waals surface area contributed by atoms with Gasteiger partial charge in [-0.1, -0.05) is 43.5 Å². The summed E-state index contributed by atoms with van der Waals surface area (Å²) in [6, 6.07) is 18.6. The first-order valence-corrected chi connectivity index (χ1v) is 15.1. The minimum atomic E-state index is -0.325. The number of aromatic nitrogens is 1. The van der Waals surface area contributed by atoms with Crippen LogP contribution in [0.25, 0.3) is 11.1 Å². The molecular formula is C31H39ClN4O2S. The number of ether oxygens (including phenoxy) is 1. The number of nitrogens with one attached hydrogen (secondary N) is 1. The van der Waals surface area contributed by atoms with E-state index in [4.69, 9.17) is 16.3 Å². The summed E-state index contributed by atoms with van der Waals surface area (Å²) in [5, 5.41) is 2.42. The Bertz CT molecular complexity index is 1230. The Balaban J connectivity index is 0.00000172. The highest BCUT2D eigenvalue weighted by molar-refractivity contribution is 8.01. The van der Waals surface area contributed by atoms with Crippen molar-refractivity contribution in [3.05, 3.63) is 71.9 Å². The summed E-state index contributed by atoms with van der Waals surface area (Å²) in [6.07, 6.45) is 7.47. The van der Waals surface area contributed by atoms with Crippen LogP contribution in [-0.2, 0) is 11.3 Å². The summed E-state index contributed by atoms with van der Waals surface area (Å²) in [7, 11) is 3.36. The summed E-state index contributed by atoms with van der Waals surface area (Å²) in [6.45, 7) is 3.07. The van der Waals surface area contributed by atoms with Crippen LogP contribution >= 0.6 is 23.4 Å². The molecule has 2 atom stereocenters. The van der Waals surface area contributed by atoms with Crippen LogP contribution in [0.1, 0.15) is 55.5 Å². The number of rotatable bonds is 8. The summed E-state index contributed by atoms with van der Waals surface area (Å²) < 4.78 is 6.03. The molecule has 0 bridgehead atoms. The van der Waals surface area contributed by atoms with Crippen molar-refractivity contribution in [2.75, 3.05) is 26.0 Å². The molecule has 3 aromatic rings. The SMILES string of the molecule is CCOc1ccc(-c2ccc(NC)nc2)cc1CN(C(=O)C1Sc2ccccc2C1Cl)C1CCCCC1.CN. The summed E-state index contributed by atoms with van der Waals surface area (Å²) in [5.41, 5.74) is 8.66. The minimum Gasteiger partial charge on any atom is -0.494 e. The molecule has 6 nitrogen and oxygen atoms in total. The second-order valence-corrected chi connectivity index (χ2v) is 11.3. The third-order valence-corrected chi connectivity index (χ3v) is 9.32. The van der Waals surface area contributed by atoms with E-state index in [0.29, 0.717) is 13.2 Å². The molecule has 1 aliphatic heterocycles. The molecule has 1 aromatic heterocycles. The normalized spacial score (nSPS) is 18.5. The average Bonchev–Trinajstić information content (AvgIpc) is 3.34. The highest BCUT2D eigenvalue weighted by atomic mass is 35.5. The Morgan fingerprint density at radius 2 is 1.85 bits per heavy atom. The van der Waals surface area contributed by atoms with E-state index in [-0.39, 0.29) is 22.6 Å². The predicted octanol–water partition coefficient (Wildman–Crippen LogP) is 6.88. The fourth-order valence-corrected chi connectivity index (χ4v) is 7.15. The van der Waals surface area contributed by atoms with Crippen LogP contribution in [0, 0.1) is 0 Å². The summed E-state index contributed by atoms with van der Waals surface area (Å²) in [4.78, 5) is 21.9. The number of anilines is 1. The molecule has 0 radical (unpaired) electrons. The molecular weight excluding hydrogens is 528 g/mol. The zero-order chi connectivity index (χ0) is 27.8. The molecule has 5 rings (SSSR count). The van der Waals surface area contributed by atoms with Crippen molar-refractivity contribution >= 4 is 35.1 Å². The Kier molecular flexibility index (Phi) is 10.5. The smallest absolute Gasteiger partial charge is 0.238 e. The number of carbonyl (C=O) groups excluding carboxylic acids is 1. The van der Waals surface area contributed by atoms with Crippen LogP contribution in [0.3, 0.4) is 0 Å². The van der Waals surface area contributed by atoms with Crippen molar-refractivity contribution in [2.24, 2.45) is 5.73 Å². The highest BCUT2D eigenvalue weighted by Gasteiger charge is 2.41. The Morgan fingerprint density at radius 3 is 2.51 bits per heavy atom. The molecule has 8 heteroatoms. The molecule has 2 unspecified atom stereocenters. The van der Waals surface area contributed by atoms with Gasteiger partial charge in [0, 0.05) is 41.9 Å². The molecule has 1 fully saturated rings. The maximum atomic E-state index is 14.2. The lowest BCUT2D eigenvalue weighted by Gasteiger charge is -2.36. The Morgan fingerprint density at radius 1 is 1.10 bits per heavy atom. The molecule has 2 aliphatic rings. The van der Waals surface area contributed by atoms with Gasteiger partial charge in [-0.15, -0.1) is 23.4 Å². The van der Waals surface area contributed by atoms with E-state index in [0.717, 1.165) is 64.4 Å². The van der Waals surface area contributed by atoms with Crippen LogP contribution in [0.2, 0.25) is 0 Å². The largest absolute Gasteiger partial charge is 0.494 e. The van der Waals surface area contributed by atoms with Gasteiger partial charge in [-0.3, -0.25) is 4.79 Å². The van der Waals surface area contributed by atoms with E-state index >= 15 is 0 Å². The van der Waals surface area contributed by atoms with Gasteiger partial charge in [0.25, 0.3) is 0 Å². The van der Waals surface area contributed by atoms with Gasteiger partial charge in [0.15, 0.2) is 0 Å². The van der Waals surface area contributed by atoms with E-state index in [1.54, 1.807) is 11.8 Å². The van der Waals surface area contributed by atoms with Gasteiger partial charge in [-0.25, -0.2) is 4.98 Å². The zero-order valence-corrected chi connectivity index (χ0v) is 24.6. The molecule has 208 valence electrons. The number of nitrogens with zero attached hydrogens (tertiary/aromatic N) is 2. The van der Waals surface area contributed by atoms with Gasteiger partial charge in [0.1, 0.15) is 16.8 Å². The molecule has 0 spiro atoms. The number of thioether (sulfide) groups is 1. The molecule has 0 saturated heterocycles. The number of hydrogen-bond donors (Lipinski definition) is 2. The third kappa shape index (κ3) is 6.71. The lowest BCUT2D eigenvalue weighted by atomic mass is 9.93. The lowest BCUT2D eigenvalue weighted by Crippen LogP contribution is -2.45. The first-order valence-electron chi connectivity index (χ1n) is 13.8. The standard InChI is InChI=1S/C30H34ClN3O2S.CH5N/c1-3-36-25-15-13-20(21-14-16-27(32-2)33-18-21)17-22(25)19-34(23-9-5-4-6-10-23)30(35)29-28(31)24-11-7-8-12-26(24)37-29;1-2/h7-8,11-18,23,28-29H,3-6,9-10,19H2,1-2H3,(H,32,33);2H2,1H3. The summed E-state index contributed by atoms with van der Waals surface area (Å²) in [5.74, 6) is 1.78. The first-order chi connectivity index (χ1) is 19.1. The number of nitrogens with two attached hydrogens (primary N) is 1. The molecule has 1 amide bonds. The van der Waals surface area contributed by atoms with E-state index in [2.05, 4.69) is 45.2 Å². The maximum Gasteiger partial charge on any atom is 0.238 e. The van der Waals surface area contributed by atoms with Crippen LogP contribution in [0.4, 0.5) is 5.82 Å². The minimum absolute atomic E-state index is 0.126. The van der Waals surface area contributed by atoms with Crippen molar-refractivity contribution in [2.45, 2.75) is 67.1 Å². The van der Waals surface area contributed by atoms with Gasteiger partial charge in [-0.2, -0.15) is 0 Å². The lowest BCUT2D eigenvalue weighted by molar-refractivity contribution is -0.134. The van der Waals surface area contributed by atoms with Gasteiger partial charge in [0.2, 0.25) is 5.91 Å². The van der Waals surface area contributed by atoms with Crippen molar-refractivity contribution in [3.8, 4) is 16.9 Å². The monoisotopic (exact) mass is 566 g/mol. The molecule has 2 heterocycles. The number of pyridine rings is 1. The number of amides is 1. The van der Waals surface area contributed by atoms with E-state index in [1.165, 1.54) is 13.5 Å². The van der Waals surface area contributed by atoms with Crippen molar-refractivity contribution < 1.29 is 9.53 Å². The van der Waals surface area contributed by atoms with Gasteiger partial charge < -0.3 is 20.7 Å². The number of hydrogen-bond acceptors (Lipinski definition) is 6. The third-order valence-electron chi connectivity index (χ3n) is 7.33. The summed E-state index contributed by atoms with van der Waals surface area (Å²) >= 11 is 8.50. The Labute approximate surface area is 241 Å². The molecule has 2 aromatic carbocycles. The number of fused-ring (bicyclic) bond motifs is 1. The second-order valence-electron chi connectivity index (χ2n) is 9.67. The van der Waals surface area contributed by atoms with Crippen molar-refractivity contribution in [1.82, 2.24) is 9.88 Å². The van der Waals surface area contributed by atoms with E-state index in [9.17, 15) is 4.79 Å². The number of carbonyl (C=O) groups is 1. The fourth-order valence-electron chi connectivity index (χ4n) is 5.37. The molecule has 1 saturated carbocycles. The van der Waals surface area contributed by atoms with Crippen LogP contribution in [0.15, 0.2) is 65.7 Å². The molecule has 39 heavy (non-hydrogen) atoms. The van der Waals surface area contributed by atoms with Crippen LogP contribution in [-0.4, -0.2) is 47.8 Å².